The summed E-state index contributed by atoms with van der Waals surface area (Å²) in [6.07, 6.45) is 8.24. The van der Waals surface area contributed by atoms with Crippen molar-refractivity contribution in [3.8, 4) is 0 Å². The topological polar surface area (TPSA) is 76.5 Å². The van der Waals surface area contributed by atoms with Crippen molar-refractivity contribution in [2.24, 2.45) is 0 Å². The van der Waals surface area contributed by atoms with E-state index < -0.39 is 0 Å². The van der Waals surface area contributed by atoms with Gasteiger partial charge in [-0.3, -0.25) is 4.90 Å². The summed E-state index contributed by atoms with van der Waals surface area (Å²) in [6.45, 7) is 2.76. The lowest BCUT2D eigenvalue weighted by molar-refractivity contribution is 0.0624. The van der Waals surface area contributed by atoms with Crippen molar-refractivity contribution in [2.75, 3.05) is 20.3 Å². The smallest absolute Gasteiger partial charge is 0.166 e. The minimum absolute atomic E-state index is 0.0300. The zero-order chi connectivity index (χ0) is 22.6. The number of rotatable bonds is 7. The fourth-order valence-electron chi connectivity index (χ4n) is 5.25. The Morgan fingerprint density at radius 3 is 2.67 bits per heavy atom. The van der Waals surface area contributed by atoms with Gasteiger partial charge in [0, 0.05) is 19.1 Å². The molecule has 2 N–H and O–H groups in total. The summed E-state index contributed by atoms with van der Waals surface area (Å²) in [5.41, 5.74) is 2.23. The molecule has 0 bridgehead atoms. The summed E-state index contributed by atoms with van der Waals surface area (Å²) in [7, 11) is 2.10. The zero-order valence-electron chi connectivity index (χ0n) is 19.2. The van der Waals surface area contributed by atoms with Crippen LogP contribution in [-0.2, 0) is 22.6 Å². The first-order valence-corrected chi connectivity index (χ1v) is 12.5. The van der Waals surface area contributed by atoms with E-state index in [0.717, 1.165) is 18.8 Å². The van der Waals surface area contributed by atoms with Crippen molar-refractivity contribution in [3.05, 3.63) is 47.8 Å². The summed E-state index contributed by atoms with van der Waals surface area (Å²) in [4.78, 5) is 2.24. The van der Waals surface area contributed by atoms with Crippen molar-refractivity contribution >= 4 is 17.3 Å². The quantitative estimate of drug-likeness (QED) is 0.598. The highest BCUT2D eigenvalue weighted by molar-refractivity contribution is 7.80. The molecule has 4 atom stereocenters. The second kappa shape index (κ2) is 10.5. The summed E-state index contributed by atoms with van der Waals surface area (Å²) < 4.78 is 14.2. The molecular formula is C24H34N6O2S. The van der Waals surface area contributed by atoms with E-state index in [1.165, 1.54) is 37.7 Å². The van der Waals surface area contributed by atoms with Gasteiger partial charge in [-0.1, -0.05) is 54.8 Å². The SMILES string of the molecule is CN(Cc1ccccc1)Cc1cn([C@H]2CO[C@H]3[C@@H]2OC[C@@H]3NC(=S)NC2CCCCC2)nn1. The molecule has 0 amide bonds. The Balaban J connectivity index is 1.13. The molecule has 1 aromatic heterocycles. The third kappa shape index (κ3) is 5.54. The highest BCUT2D eigenvalue weighted by Crippen LogP contribution is 2.34. The van der Waals surface area contributed by atoms with E-state index in [0.29, 0.717) is 24.4 Å². The molecule has 3 heterocycles. The maximum Gasteiger partial charge on any atom is 0.166 e. The molecule has 2 aliphatic heterocycles. The normalized spacial score (nSPS) is 27.6. The standard InChI is InChI=1S/C24H34N6O2S/c1-29(12-17-8-4-2-5-9-17)13-19-14-30(28-27-19)21-16-32-22-20(15-31-23(21)22)26-24(33)25-18-10-6-3-7-11-18/h2,4-5,8-9,14,18,20-23H,3,6-7,10-13,15-16H2,1H3,(H2,25,26,33)/t20-,21-,22+,23+/m0/s1. The van der Waals surface area contributed by atoms with Crippen LogP contribution in [0, 0.1) is 0 Å². The van der Waals surface area contributed by atoms with Crippen molar-refractivity contribution < 1.29 is 9.47 Å². The van der Waals surface area contributed by atoms with Crippen molar-refractivity contribution in [1.82, 2.24) is 30.5 Å². The highest BCUT2D eigenvalue weighted by atomic mass is 32.1. The molecule has 1 aliphatic carbocycles. The number of ether oxygens (including phenoxy) is 2. The summed E-state index contributed by atoms with van der Waals surface area (Å²) in [6, 6.07) is 11.0. The summed E-state index contributed by atoms with van der Waals surface area (Å²) in [5.74, 6) is 0. The Kier molecular flexibility index (Phi) is 7.20. The molecule has 9 heteroatoms. The van der Waals surface area contributed by atoms with E-state index >= 15 is 0 Å². The van der Waals surface area contributed by atoms with Gasteiger partial charge in [-0.25, -0.2) is 4.68 Å². The minimum atomic E-state index is -0.0448. The van der Waals surface area contributed by atoms with Crippen molar-refractivity contribution in [1.29, 1.82) is 0 Å². The molecule has 3 aliphatic rings. The first-order chi connectivity index (χ1) is 16.2. The molecule has 1 saturated carbocycles. The van der Waals surface area contributed by atoms with Crippen LogP contribution < -0.4 is 10.6 Å². The largest absolute Gasteiger partial charge is 0.371 e. The average Bonchev–Trinajstić information content (AvgIpc) is 3.53. The molecule has 0 radical (unpaired) electrons. The number of nitrogens with one attached hydrogen (secondary N) is 2. The Bertz CT molecular complexity index is 919. The zero-order valence-corrected chi connectivity index (χ0v) is 20.0. The van der Waals surface area contributed by atoms with Crippen LogP contribution in [0.5, 0.6) is 0 Å². The molecule has 2 aromatic rings. The van der Waals surface area contributed by atoms with Gasteiger partial charge in [0.25, 0.3) is 0 Å². The van der Waals surface area contributed by atoms with Crippen LogP contribution in [0.3, 0.4) is 0 Å². The van der Waals surface area contributed by atoms with Gasteiger partial charge in [-0.2, -0.15) is 0 Å². The lowest BCUT2D eigenvalue weighted by atomic mass is 9.96. The third-order valence-corrected chi connectivity index (χ3v) is 7.14. The summed E-state index contributed by atoms with van der Waals surface area (Å²) >= 11 is 5.58. The minimum Gasteiger partial charge on any atom is -0.371 e. The highest BCUT2D eigenvalue weighted by Gasteiger charge is 2.49. The predicted octanol–water partition coefficient (Wildman–Crippen LogP) is 2.41. The Morgan fingerprint density at radius 1 is 1.06 bits per heavy atom. The van der Waals surface area contributed by atoms with Crippen LogP contribution >= 0.6 is 12.2 Å². The maximum absolute atomic E-state index is 6.14. The number of aromatic nitrogens is 3. The molecule has 178 valence electrons. The second-order valence-electron chi connectivity index (χ2n) is 9.57. The Morgan fingerprint density at radius 2 is 1.85 bits per heavy atom. The first-order valence-electron chi connectivity index (χ1n) is 12.1. The van der Waals surface area contributed by atoms with E-state index in [9.17, 15) is 0 Å². The number of thiocarbonyl (C=S) groups is 1. The van der Waals surface area contributed by atoms with Gasteiger partial charge in [0.2, 0.25) is 0 Å². The van der Waals surface area contributed by atoms with Gasteiger partial charge in [0.15, 0.2) is 5.11 Å². The van der Waals surface area contributed by atoms with Crippen LogP contribution in [0.1, 0.15) is 49.4 Å². The van der Waals surface area contributed by atoms with E-state index in [4.69, 9.17) is 21.7 Å². The van der Waals surface area contributed by atoms with Crippen LogP contribution in [0.15, 0.2) is 36.5 Å². The molecule has 0 spiro atoms. The molecule has 5 rings (SSSR count). The van der Waals surface area contributed by atoms with Gasteiger partial charge >= 0.3 is 0 Å². The number of benzene rings is 1. The van der Waals surface area contributed by atoms with Gasteiger partial charge in [-0.05, 0) is 37.7 Å². The van der Waals surface area contributed by atoms with Crippen molar-refractivity contribution in [3.63, 3.8) is 0 Å². The molecular weight excluding hydrogens is 436 g/mol. The molecule has 3 fully saturated rings. The van der Waals surface area contributed by atoms with Gasteiger partial charge < -0.3 is 20.1 Å². The van der Waals surface area contributed by atoms with Crippen LogP contribution in [0.25, 0.3) is 0 Å². The first kappa shape index (κ1) is 22.7. The van der Waals surface area contributed by atoms with Crippen LogP contribution in [0.4, 0.5) is 0 Å². The average molecular weight is 471 g/mol. The van der Waals surface area contributed by atoms with Crippen molar-refractivity contribution in [2.45, 2.75) is 75.5 Å². The Labute approximate surface area is 201 Å². The lowest BCUT2D eigenvalue weighted by Gasteiger charge is -2.26. The van der Waals surface area contributed by atoms with E-state index in [1.807, 2.05) is 16.9 Å². The fraction of sp³-hybridized carbons (Fsp3) is 0.625. The number of fused-ring (bicyclic) bond motifs is 1. The van der Waals surface area contributed by atoms with E-state index in [1.54, 1.807) is 0 Å². The van der Waals surface area contributed by atoms with E-state index in [2.05, 4.69) is 57.2 Å². The summed E-state index contributed by atoms with van der Waals surface area (Å²) in [5, 5.41) is 16.4. The molecule has 33 heavy (non-hydrogen) atoms. The van der Waals surface area contributed by atoms with Crippen LogP contribution in [0.2, 0.25) is 0 Å². The monoisotopic (exact) mass is 470 g/mol. The molecule has 8 nitrogen and oxygen atoms in total. The van der Waals surface area contributed by atoms with E-state index in [-0.39, 0.29) is 24.3 Å². The number of nitrogens with zero attached hydrogens (tertiary/aromatic N) is 4. The third-order valence-electron chi connectivity index (χ3n) is 6.91. The lowest BCUT2D eigenvalue weighted by Crippen LogP contribution is -2.50. The van der Waals surface area contributed by atoms with Crippen LogP contribution in [-0.4, -0.2) is 69.6 Å². The predicted molar refractivity (Wildman–Crippen MR) is 130 cm³/mol. The molecule has 0 unspecified atom stereocenters. The van der Waals surface area contributed by atoms with Gasteiger partial charge in [0.05, 0.1) is 31.1 Å². The molecule has 2 saturated heterocycles. The van der Waals surface area contributed by atoms with Gasteiger partial charge in [-0.15, -0.1) is 5.10 Å². The number of hydrogen-bond donors (Lipinski definition) is 2. The molecule has 1 aromatic carbocycles. The van der Waals surface area contributed by atoms with Gasteiger partial charge in [0.1, 0.15) is 18.2 Å². The fourth-order valence-corrected chi connectivity index (χ4v) is 5.57. The maximum atomic E-state index is 6.14. The number of hydrogen-bond acceptors (Lipinski definition) is 6. The second-order valence-corrected chi connectivity index (χ2v) is 9.98. The Hall–Kier alpha value is -2.07.